The van der Waals surface area contributed by atoms with Crippen molar-refractivity contribution in [3.05, 3.63) is 0 Å². The Bertz CT molecular complexity index is 258. The van der Waals surface area contributed by atoms with Crippen molar-refractivity contribution in [2.45, 2.75) is 38.4 Å². The number of amidine groups is 1. The first-order valence-electron chi connectivity index (χ1n) is 6.86. The van der Waals surface area contributed by atoms with Crippen LogP contribution in [0.4, 0.5) is 0 Å². The molecule has 2 rings (SSSR count). The molecule has 0 radical (unpaired) electrons. The minimum absolute atomic E-state index is 0.727. The molecule has 2 unspecified atom stereocenters. The van der Waals surface area contributed by atoms with Crippen LogP contribution >= 0.6 is 23.5 Å². The SMILES string of the molecule is CCC(CC)C1CN=C(NCC2CCSC2)S1. The fraction of sp³-hybridized carbons (Fsp3) is 0.923. The Balaban J connectivity index is 1.69. The van der Waals surface area contributed by atoms with Gasteiger partial charge in [-0.3, -0.25) is 4.99 Å². The van der Waals surface area contributed by atoms with E-state index in [0.717, 1.165) is 30.2 Å². The van der Waals surface area contributed by atoms with E-state index in [1.165, 1.54) is 35.9 Å². The van der Waals surface area contributed by atoms with Crippen LogP contribution in [-0.2, 0) is 0 Å². The van der Waals surface area contributed by atoms with Crippen molar-refractivity contribution in [3.8, 4) is 0 Å². The Hall–Kier alpha value is 0.170. The quantitative estimate of drug-likeness (QED) is 0.831. The average Bonchev–Trinajstić information content (AvgIpc) is 2.99. The fourth-order valence-electron chi connectivity index (χ4n) is 2.52. The maximum Gasteiger partial charge on any atom is 0.156 e. The van der Waals surface area contributed by atoms with E-state index >= 15 is 0 Å². The maximum absolute atomic E-state index is 4.66. The highest BCUT2D eigenvalue weighted by Gasteiger charge is 2.26. The number of rotatable bonds is 5. The van der Waals surface area contributed by atoms with Crippen molar-refractivity contribution in [2.75, 3.05) is 24.6 Å². The minimum Gasteiger partial charge on any atom is -0.365 e. The first kappa shape index (κ1) is 13.6. The summed E-state index contributed by atoms with van der Waals surface area (Å²) in [6, 6.07) is 0. The van der Waals surface area contributed by atoms with Crippen molar-refractivity contribution in [2.24, 2.45) is 16.8 Å². The summed E-state index contributed by atoms with van der Waals surface area (Å²) >= 11 is 4.07. The second kappa shape index (κ2) is 6.93. The highest BCUT2D eigenvalue weighted by atomic mass is 32.2. The second-order valence-electron chi connectivity index (χ2n) is 4.99. The summed E-state index contributed by atoms with van der Waals surface area (Å²) in [6.45, 7) is 6.76. The lowest BCUT2D eigenvalue weighted by Gasteiger charge is -2.19. The smallest absolute Gasteiger partial charge is 0.156 e. The topological polar surface area (TPSA) is 24.4 Å². The van der Waals surface area contributed by atoms with Gasteiger partial charge in [0.2, 0.25) is 0 Å². The Morgan fingerprint density at radius 2 is 2.24 bits per heavy atom. The van der Waals surface area contributed by atoms with Gasteiger partial charge in [-0.05, 0) is 29.8 Å². The van der Waals surface area contributed by atoms with Crippen molar-refractivity contribution in [3.63, 3.8) is 0 Å². The molecule has 0 amide bonds. The third-order valence-corrected chi connectivity index (χ3v) is 6.38. The molecule has 2 aliphatic heterocycles. The molecule has 1 saturated heterocycles. The number of hydrogen-bond acceptors (Lipinski definition) is 4. The average molecular weight is 272 g/mol. The predicted octanol–water partition coefficient (Wildman–Crippen LogP) is 3.24. The Kier molecular flexibility index (Phi) is 5.54. The van der Waals surface area contributed by atoms with Gasteiger partial charge in [-0.15, -0.1) is 0 Å². The van der Waals surface area contributed by atoms with Gasteiger partial charge in [0.1, 0.15) is 0 Å². The lowest BCUT2D eigenvalue weighted by atomic mass is 9.99. The van der Waals surface area contributed by atoms with Gasteiger partial charge in [0.25, 0.3) is 0 Å². The number of nitrogens with one attached hydrogen (secondary N) is 1. The van der Waals surface area contributed by atoms with E-state index in [1.807, 2.05) is 11.8 Å². The summed E-state index contributed by atoms with van der Waals surface area (Å²) < 4.78 is 0. The Morgan fingerprint density at radius 1 is 1.41 bits per heavy atom. The molecule has 17 heavy (non-hydrogen) atoms. The molecule has 0 aromatic heterocycles. The van der Waals surface area contributed by atoms with Crippen LogP contribution < -0.4 is 5.32 Å². The highest BCUT2D eigenvalue weighted by Crippen LogP contribution is 2.30. The van der Waals surface area contributed by atoms with Gasteiger partial charge in [0.05, 0.1) is 6.54 Å². The van der Waals surface area contributed by atoms with E-state index in [9.17, 15) is 0 Å². The zero-order valence-corrected chi connectivity index (χ0v) is 12.6. The van der Waals surface area contributed by atoms with Gasteiger partial charge < -0.3 is 5.32 Å². The van der Waals surface area contributed by atoms with Crippen LogP contribution in [-0.4, -0.2) is 35.0 Å². The van der Waals surface area contributed by atoms with E-state index in [2.05, 4.69) is 35.9 Å². The Labute approximate surface area is 114 Å². The highest BCUT2D eigenvalue weighted by molar-refractivity contribution is 8.14. The van der Waals surface area contributed by atoms with Crippen LogP contribution in [0.2, 0.25) is 0 Å². The summed E-state index contributed by atoms with van der Waals surface area (Å²) in [7, 11) is 0. The molecule has 0 spiro atoms. The lowest BCUT2D eigenvalue weighted by Crippen LogP contribution is -2.27. The standard InChI is InChI=1S/C13H24N2S2/c1-3-11(4-2)12-8-15-13(17-12)14-7-10-5-6-16-9-10/h10-12H,3-9H2,1-2H3,(H,14,15). The molecule has 0 bridgehead atoms. The van der Waals surface area contributed by atoms with Crippen molar-refractivity contribution in [1.82, 2.24) is 5.32 Å². The molecule has 0 aromatic rings. The number of hydrogen-bond donors (Lipinski definition) is 1. The molecular weight excluding hydrogens is 248 g/mol. The molecule has 2 heterocycles. The third-order valence-electron chi connectivity index (χ3n) is 3.82. The van der Waals surface area contributed by atoms with Crippen LogP contribution in [0.15, 0.2) is 4.99 Å². The van der Waals surface area contributed by atoms with E-state index in [-0.39, 0.29) is 0 Å². The molecule has 1 N–H and O–H groups in total. The van der Waals surface area contributed by atoms with Gasteiger partial charge in [0, 0.05) is 11.8 Å². The van der Waals surface area contributed by atoms with Crippen molar-refractivity contribution in [1.29, 1.82) is 0 Å². The van der Waals surface area contributed by atoms with Gasteiger partial charge in [-0.1, -0.05) is 38.5 Å². The molecule has 2 atom stereocenters. The zero-order chi connectivity index (χ0) is 12.1. The summed E-state index contributed by atoms with van der Waals surface area (Å²) in [4.78, 5) is 4.66. The van der Waals surface area contributed by atoms with Crippen LogP contribution in [0.25, 0.3) is 0 Å². The van der Waals surface area contributed by atoms with Crippen LogP contribution in [0.1, 0.15) is 33.1 Å². The van der Waals surface area contributed by atoms with E-state index in [1.54, 1.807) is 0 Å². The molecule has 0 saturated carbocycles. The van der Waals surface area contributed by atoms with Crippen LogP contribution in [0.5, 0.6) is 0 Å². The van der Waals surface area contributed by atoms with Crippen molar-refractivity contribution < 1.29 is 0 Å². The van der Waals surface area contributed by atoms with Gasteiger partial charge in [-0.2, -0.15) is 11.8 Å². The largest absolute Gasteiger partial charge is 0.365 e. The van der Waals surface area contributed by atoms with E-state index in [4.69, 9.17) is 0 Å². The molecule has 2 nitrogen and oxygen atoms in total. The lowest BCUT2D eigenvalue weighted by molar-refractivity contribution is 0.479. The maximum atomic E-state index is 4.66. The Morgan fingerprint density at radius 3 is 2.88 bits per heavy atom. The first-order valence-corrected chi connectivity index (χ1v) is 8.89. The summed E-state index contributed by atoms with van der Waals surface area (Å²) in [5.41, 5.74) is 0. The molecule has 98 valence electrons. The number of thioether (sulfide) groups is 2. The third kappa shape index (κ3) is 3.82. The van der Waals surface area contributed by atoms with Gasteiger partial charge >= 0.3 is 0 Å². The number of nitrogens with zero attached hydrogens (tertiary/aromatic N) is 1. The molecular formula is C13H24N2S2. The van der Waals surface area contributed by atoms with Gasteiger partial charge in [0.15, 0.2) is 5.17 Å². The minimum atomic E-state index is 0.727. The summed E-state index contributed by atoms with van der Waals surface area (Å²) in [6.07, 6.45) is 3.96. The predicted molar refractivity (Wildman–Crippen MR) is 81.2 cm³/mol. The van der Waals surface area contributed by atoms with E-state index in [0.29, 0.717) is 0 Å². The summed E-state index contributed by atoms with van der Waals surface area (Å²) in [5.74, 6) is 4.39. The molecule has 2 aliphatic rings. The van der Waals surface area contributed by atoms with Gasteiger partial charge in [-0.25, -0.2) is 0 Å². The van der Waals surface area contributed by atoms with Crippen LogP contribution in [0, 0.1) is 11.8 Å². The monoisotopic (exact) mass is 272 g/mol. The molecule has 0 aromatic carbocycles. The number of aliphatic imine (C=N–C) groups is 1. The molecule has 0 aliphatic carbocycles. The van der Waals surface area contributed by atoms with Crippen molar-refractivity contribution >= 4 is 28.7 Å². The zero-order valence-electron chi connectivity index (χ0n) is 10.9. The van der Waals surface area contributed by atoms with Crippen LogP contribution in [0.3, 0.4) is 0 Å². The first-order chi connectivity index (χ1) is 8.33. The fourth-order valence-corrected chi connectivity index (χ4v) is 5.14. The molecule has 4 heteroatoms. The normalized spacial score (nSPS) is 28.8. The second-order valence-corrected chi connectivity index (χ2v) is 7.37. The molecule has 1 fully saturated rings. The van der Waals surface area contributed by atoms with E-state index < -0.39 is 0 Å². The summed E-state index contributed by atoms with van der Waals surface area (Å²) in [5, 5.41) is 5.49.